The second kappa shape index (κ2) is 17.2. The van der Waals surface area contributed by atoms with Gasteiger partial charge in [0.1, 0.15) is 0 Å². The summed E-state index contributed by atoms with van der Waals surface area (Å²) in [6.07, 6.45) is 21.2. The van der Waals surface area contributed by atoms with E-state index in [1.165, 1.54) is 89.9 Å². The van der Waals surface area contributed by atoms with E-state index < -0.39 is 14.3 Å². The second-order valence-corrected chi connectivity index (χ2v) is 15.6. The maximum atomic E-state index is 11.2. The zero-order valence-electron chi connectivity index (χ0n) is 21.4. The van der Waals surface area contributed by atoms with Crippen molar-refractivity contribution in [2.24, 2.45) is 0 Å². The van der Waals surface area contributed by atoms with Gasteiger partial charge >= 0.3 is 5.97 Å². The fraction of sp³-hybridized carbons (Fsp3) is 0.962. The summed E-state index contributed by atoms with van der Waals surface area (Å²) in [4.78, 5) is 11.2. The van der Waals surface area contributed by atoms with Crippen LogP contribution in [0, 0.1) is 0 Å². The molecule has 0 aromatic carbocycles. The van der Waals surface area contributed by atoms with Crippen LogP contribution in [0.25, 0.3) is 0 Å². The molecule has 0 radical (unpaired) electrons. The second-order valence-electron chi connectivity index (χ2n) is 10.8. The van der Waals surface area contributed by atoms with Crippen molar-refractivity contribution in [3.05, 3.63) is 0 Å². The molecule has 0 aliphatic carbocycles. The van der Waals surface area contributed by atoms with Gasteiger partial charge in [-0.05, 0) is 24.6 Å². The van der Waals surface area contributed by atoms with E-state index in [2.05, 4.69) is 40.8 Å². The molecular weight excluding hydrogens is 388 g/mol. The largest absolute Gasteiger partial charge is 0.481 e. The Bertz CT molecular complexity index is 415. The van der Waals surface area contributed by atoms with E-state index in [4.69, 9.17) is 4.43 Å². The van der Waals surface area contributed by atoms with Gasteiger partial charge in [-0.2, -0.15) is 0 Å². The minimum absolute atomic E-state index is 0.120. The smallest absolute Gasteiger partial charge is 0.305 e. The first-order chi connectivity index (χ1) is 14.1. The van der Waals surface area contributed by atoms with E-state index in [9.17, 15) is 9.90 Å². The van der Waals surface area contributed by atoms with Gasteiger partial charge in [-0.15, -0.1) is 0 Å². The molecule has 30 heavy (non-hydrogen) atoms. The first-order valence-corrected chi connectivity index (χ1v) is 15.9. The molecule has 0 bridgehead atoms. The van der Waals surface area contributed by atoms with Crippen LogP contribution in [0.15, 0.2) is 0 Å². The van der Waals surface area contributed by atoms with Crippen molar-refractivity contribution in [2.45, 2.75) is 161 Å². The molecule has 0 spiro atoms. The zero-order chi connectivity index (χ0) is 22.9. The Morgan fingerprint density at radius 3 is 1.47 bits per heavy atom. The number of carbonyl (C=O) groups is 1. The zero-order valence-corrected chi connectivity index (χ0v) is 22.4. The number of unbranched alkanes of at least 4 members (excludes halogenated alkanes) is 14. The van der Waals surface area contributed by atoms with E-state index in [1.54, 1.807) is 0 Å². The standard InChI is InChI=1S/C26H54O3Si/c1-7-8-9-10-11-12-13-14-15-16-17-18-19-20-21-22-24(23-25(27)28)29-30(5,6)26(2,3)4/h24H,7-23H2,1-6H3,(H,27,28)/t24-/m1/s1. The molecule has 0 aliphatic heterocycles. The van der Waals surface area contributed by atoms with E-state index in [-0.39, 0.29) is 17.6 Å². The number of aliphatic carboxylic acids is 1. The van der Waals surface area contributed by atoms with E-state index in [0.717, 1.165) is 12.8 Å². The first kappa shape index (κ1) is 29.6. The molecule has 1 N–H and O–H groups in total. The predicted molar refractivity (Wildman–Crippen MR) is 134 cm³/mol. The molecule has 0 fully saturated rings. The molecule has 3 nitrogen and oxygen atoms in total. The van der Waals surface area contributed by atoms with Crippen molar-refractivity contribution in [2.75, 3.05) is 0 Å². The van der Waals surface area contributed by atoms with Gasteiger partial charge in [0.2, 0.25) is 0 Å². The van der Waals surface area contributed by atoms with Gasteiger partial charge in [0.05, 0.1) is 12.5 Å². The number of carboxylic acid groups (broad SMARTS) is 1. The van der Waals surface area contributed by atoms with Crippen LogP contribution in [-0.4, -0.2) is 25.5 Å². The molecule has 1 atom stereocenters. The van der Waals surface area contributed by atoms with Crippen LogP contribution in [0.2, 0.25) is 18.1 Å². The molecule has 0 aromatic rings. The molecule has 0 heterocycles. The Labute approximate surface area is 189 Å². The molecule has 0 unspecified atom stereocenters. The van der Waals surface area contributed by atoms with Crippen molar-refractivity contribution in [1.29, 1.82) is 0 Å². The highest BCUT2D eigenvalue weighted by Crippen LogP contribution is 2.38. The van der Waals surface area contributed by atoms with Crippen LogP contribution < -0.4 is 0 Å². The van der Waals surface area contributed by atoms with Crippen molar-refractivity contribution < 1.29 is 14.3 Å². The fourth-order valence-electron chi connectivity index (χ4n) is 3.73. The quantitative estimate of drug-likeness (QED) is 0.151. The molecule has 0 rings (SSSR count). The minimum atomic E-state index is -1.91. The Hall–Kier alpha value is -0.353. The normalized spacial score (nSPS) is 13.5. The summed E-state index contributed by atoms with van der Waals surface area (Å²) >= 11 is 0. The molecule has 0 saturated carbocycles. The highest BCUT2D eigenvalue weighted by molar-refractivity contribution is 6.74. The van der Waals surface area contributed by atoms with Gasteiger partial charge in [-0.25, -0.2) is 0 Å². The highest BCUT2D eigenvalue weighted by Gasteiger charge is 2.39. The monoisotopic (exact) mass is 442 g/mol. The highest BCUT2D eigenvalue weighted by atomic mass is 28.4. The van der Waals surface area contributed by atoms with Crippen LogP contribution in [0.1, 0.15) is 137 Å². The van der Waals surface area contributed by atoms with Crippen LogP contribution in [0.4, 0.5) is 0 Å². The molecule has 180 valence electrons. The van der Waals surface area contributed by atoms with Crippen molar-refractivity contribution in [3.8, 4) is 0 Å². The maximum Gasteiger partial charge on any atom is 0.305 e. The Morgan fingerprint density at radius 2 is 1.13 bits per heavy atom. The number of carboxylic acids is 1. The van der Waals surface area contributed by atoms with E-state index in [0.29, 0.717) is 0 Å². The van der Waals surface area contributed by atoms with Gasteiger partial charge in [-0.1, -0.05) is 124 Å². The van der Waals surface area contributed by atoms with E-state index in [1.807, 2.05) is 0 Å². The summed E-state index contributed by atoms with van der Waals surface area (Å²) in [6, 6.07) is 0. The SMILES string of the molecule is CCCCCCCCCCCCCCCCC[C@H](CC(=O)O)O[Si](C)(C)C(C)(C)C. The van der Waals surface area contributed by atoms with Gasteiger partial charge < -0.3 is 9.53 Å². The van der Waals surface area contributed by atoms with Crippen LogP contribution in [0.3, 0.4) is 0 Å². The average Bonchev–Trinajstić information content (AvgIpc) is 2.63. The molecular formula is C26H54O3Si. The molecule has 0 aliphatic rings. The Kier molecular flexibility index (Phi) is 17.0. The summed E-state index contributed by atoms with van der Waals surface area (Å²) in [7, 11) is -1.91. The first-order valence-electron chi connectivity index (χ1n) is 13.0. The molecule has 0 amide bonds. The third-order valence-corrected chi connectivity index (χ3v) is 11.3. The molecule has 4 heteroatoms. The third-order valence-electron chi connectivity index (χ3n) is 6.80. The van der Waals surface area contributed by atoms with Crippen molar-refractivity contribution >= 4 is 14.3 Å². The summed E-state index contributed by atoms with van der Waals surface area (Å²) in [5.74, 6) is -0.736. The van der Waals surface area contributed by atoms with Gasteiger partial charge in [0.25, 0.3) is 0 Å². The summed E-state index contributed by atoms with van der Waals surface area (Å²) in [6.45, 7) is 13.4. The Balaban J connectivity index is 3.72. The lowest BCUT2D eigenvalue weighted by Crippen LogP contribution is -2.44. The van der Waals surface area contributed by atoms with E-state index >= 15 is 0 Å². The maximum absolute atomic E-state index is 11.2. The average molecular weight is 443 g/mol. The number of hydrogen-bond donors (Lipinski definition) is 1. The van der Waals surface area contributed by atoms with Crippen molar-refractivity contribution in [3.63, 3.8) is 0 Å². The third kappa shape index (κ3) is 16.4. The summed E-state index contributed by atoms with van der Waals surface area (Å²) in [5.41, 5.74) is 0. The molecule has 0 aromatic heterocycles. The molecule has 0 saturated heterocycles. The van der Waals surface area contributed by atoms with Crippen LogP contribution >= 0.6 is 0 Å². The fourth-order valence-corrected chi connectivity index (χ4v) is 5.12. The van der Waals surface area contributed by atoms with Gasteiger partial charge in [0.15, 0.2) is 8.32 Å². The number of hydrogen-bond acceptors (Lipinski definition) is 2. The summed E-state index contributed by atoms with van der Waals surface area (Å²) < 4.78 is 6.39. The minimum Gasteiger partial charge on any atom is -0.481 e. The lowest BCUT2D eigenvalue weighted by Gasteiger charge is -2.39. The summed E-state index contributed by atoms with van der Waals surface area (Å²) in [5, 5.41) is 9.37. The topological polar surface area (TPSA) is 46.5 Å². The van der Waals surface area contributed by atoms with Crippen LogP contribution in [0.5, 0.6) is 0 Å². The van der Waals surface area contributed by atoms with Crippen molar-refractivity contribution in [1.82, 2.24) is 0 Å². The lowest BCUT2D eigenvalue weighted by atomic mass is 10.0. The Morgan fingerprint density at radius 1 is 0.767 bits per heavy atom. The van der Waals surface area contributed by atoms with Gasteiger partial charge in [0, 0.05) is 0 Å². The van der Waals surface area contributed by atoms with Crippen LogP contribution in [-0.2, 0) is 9.22 Å². The predicted octanol–water partition coefficient (Wildman–Crippen LogP) is 9.11. The number of rotatable bonds is 20. The lowest BCUT2D eigenvalue weighted by molar-refractivity contribution is -0.139. The van der Waals surface area contributed by atoms with Gasteiger partial charge in [-0.3, -0.25) is 4.79 Å².